The van der Waals surface area contributed by atoms with Gasteiger partial charge in [0.1, 0.15) is 6.10 Å². The van der Waals surface area contributed by atoms with Crippen molar-refractivity contribution in [3.63, 3.8) is 0 Å². The van der Waals surface area contributed by atoms with Crippen molar-refractivity contribution in [3.05, 3.63) is 23.8 Å². The number of hydrogen-bond acceptors (Lipinski definition) is 4. The van der Waals surface area contributed by atoms with E-state index in [1.165, 1.54) is 0 Å². The van der Waals surface area contributed by atoms with E-state index in [9.17, 15) is 4.79 Å². The molecule has 0 radical (unpaired) electrons. The molecule has 0 amide bonds. The van der Waals surface area contributed by atoms with Crippen LogP contribution in [0.1, 0.15) is 23.2 Å². The standard InChI is InChI=1S/C13H16O4/c1-15-12-6-2-4-10(8-14)13(12)17-11-5-3-7-16-9-11/h2,4,6,8,11H,3,5,7,9H2,1H3. The second-order valence-electron chi connectivity index (χ2n) is 3.95. The highest BCUT2D eigenvalue weighted by Gasteiger charge is 2.19. The summed E-state index contributed by atoms with van der Waals surface area (Å²) < 4.78 is 16.4. The summed E-state index contributed by atoms with van der Waals surface area (Å²) in [4.78, 5) is 11.0. The number of methoxy groups -OCH3 is 1. The fourth-order valence-corrected chi connectivity index (χ4v) is 1.88. The summed E-state index contributed by atoms with van der Waals surface area (Å²) in [5, 5.41) is 0. The van der Waals surface area contributed by atoms with Gasteiger partial charge in [-0.05, 0) is 25.0 Å². The molecule has 1 fully saturated rings. The topological polar surface area (TPSA) is 44.8 Å². The number of carbonyl (C=O) groups excluding carboxylic acids is 1. The first-order valence-electron chi connectivity index (χ1n) is 5.71. The molecule has 4 heteroatoms. The van der Waals surface area contributed by atoms with Gasteiger partial charge in [0.2, 0.25) is 0 Å². The fourth-order valence-electron chi connectivity index (χ4n) is 1.88. The summed E-state index contributed by atoms with van der Waals surface area (Å²) in [5.74, 6) is 1.10. The number of ether oxygens (including phenoxy) is 3. The summed E-state index contributed by atoms with van der Waals surface area (Å²) >= 11 is 0. The van der Waals surface area contributed by atoms with Crippen molar-refractivity contribution in [2.24, 2.45) is 0 Å². The Hall–Kier alpha value is -1.55. The molecule has 0 spiro atoms. The minimum atomic E-state index is -0.00116. The van der Waals surface area contributed by atoms with Gasteiger partial charge in [-0.2, -0.15) is 0 Å². The lowest BCUT2D eigenvalue weighted by molar-refractivity contribution is 0.00620. The molecule has 1 aliphatic rings. The normalized spacial score (nSPS) is 19.7. The Morgan fingerprint density at radius 2 is 2.35 bits per heavy atom. The molecule has 1 aliphatic heterocycles. The first-order valence-corrected chi connectivity index (χ1v) is 5.71. The van der Waals surface area contributed by atoms with E-state index in [2.05, 4.69) is 0 Å². The number of carbonyl (C=O) groups is 1. The number of aldehydes is 1. The van der Waals surface area contributed by atoms with E-state index in [-0.39, 0.29) is 6.10 Å². The van der Waals surface area contributed by atoms with Gasteiger partial charge in [-0.3, -0.25) is 4.79 Å². The lowest BCUT2D eigenvalue weighted by Gasteiger charge is -2.24. The summed E-state index contributed by atoms with van der Waals surface area (Å²) in [6.45, 7) is 1.35. The molecule has 2 rings (SSSR count). The largest absolute Gasteiger partial charge is 0.493 e. The Labute approximate surface area is 100 Å². The van der Waals surface area contributed by atoms with Crippen LogP contribution < -0.4 is 9.47 Å². The summed E-state index contributed by atoms with van der Waals surface area (Å²) in [6, 6.07) is 5.27. The molecule has 4 nitrogen and oxygen atoms in total. The maximum absolute atomic E-state index is 11.0. The molecular formula is C13H16O4. The van der Waals surface area contributed by atoms with Crippen molar-refractivity contribution in [2.45, 2.75) is 18.9 Å². The van der Waals surface area contributed by atoms with E-state index in [1.807, 2.05) is 0 Å². The van der Waals surface area contributed by atoms with Gasteiger partial charge >= 0.3 is 0 Å². The molecular weight excluding hydrogens is 220 g/mol. The first-order chi connectivity index (χ1) is 8.35. The number of para-hydroxylation sites is 1. The quantitative estimate of drug-likeness (QED) is 0.751. The van der Waals surface area contributed by atoms with Crippen LogP contribution in [0.4, 0.5) is 0 Å². The van der Waals surface area contributed by atoms with E-state index in [4.69, 9.17) is 14.2 Å². The third-order valence-electron chi connectivity index (χ3n) is 2.76. The fraction of sp³-hybridized carbons (Fsp3) is 0.462. The van der Waals surface area contributed by atoms with Crippen LogP contribution in [0.3, 0.4) is 0 Å². The Balaban J connectivity index is 2.19. The SMILES string of the molecule is COc1cccc(C=O)c1OC1CCCOC1. The van der Waals surface area contributed by atoms with Crippen LogP contribution in [-0.2, 0) is 4.74 Å². The maximum Gasteiger partial charge on any atom is 0.172 e. The van der Waals surface area contributed by atoms with E-state index < -0.39 is 0 Å². The van der Waals surface area contributed by atoms with Crippen LogP contribution in [0, 0.1) is 0 Å². The molecule has 17 heavy (non-hydrogen) atoms. The van der Waals surface area contributed by atoms with Crippen LogP contribution in [0.5, 0.6) is 11.5 Å². The molecule has 1 heterocycles. The van der Waals surface area contributed by atoms with Crippen LogP contribution in [0.2, 0.25) is 0 Å². The van der Waals surface area contributed by atoms with Gasteiger partial charge in [-0.1, -0.05) is 6.07 Å². The minimum absolute atomic E-state index is 0.00116. The van der Waals surface area contributed by atoms with Crippen molar-refractivity contribution in [2.75, 3.05) is 20.3 Å². The highest BCUT2D eigenvalue weighted by molar-refractivity contribution is 5.81. The van der Waals surface area contributed by atoms with Crippen molar-refractivity contribution < 1.29 is 19.0 Å². The highest BCUT2D eigenvalue weighted by Crippen LogP contribution is 2.31. The van der Waals surface area contributed by atoms with Crippen molar-refractivity contribution in [3.8, 4) is 11.5 Å². The molecule has 1 aromatic rings. The lowest BCUT2D eigenvalue weighted by Crippen LogP contribution is -2.28. The van der Waals surface area contributed by atoms with Gasteiger partial charge in [-0.25, -0.2) is 0 Å². The van der Waals surface area contributed by atoms with Crippen LogP contribution in [0.15, 0.2) is 18.2 Å². The summed E-state index contributed by atoms with van der Waals surface area (Å²) in [7, 11) is 1.56. The molecule has 1 aromatic carbocycles. The molecule has 1 atom stereocenters. The van der Waals surface area contributed by atoms with E-state index >= 15 is 0 Å². The zero-order valence-corrected chi connectivity index (χ0v) is 9.85. The van der Waals surface area contributed by atoms with Crippen molar-refractivity contribution >= 4 is 6.29 Å². The molecule has 0 aliphatic carbocycles. The van der Waals surface area contributed by atoms with Crippen molar-refractivity contribution in [1.29, 1.82) is 0 Å². The Morgan fingerprint density at radius 1 is 1.47 bits per heavy atom. The monoisotopic (exact) mass is 236 g/mol. The minimum Gasteiger partial charge on any atom is -0.493 e. The van der Waals surface area contributed by atoms with Gasteiger partial charge in [0.25, 0.3) is 0 Å². The van der Waals surface area contributed by atoms with Crippen LogP contribution in [-0.4, -0.2) is 32.7 Å². The van der Waals surface area contributed by atoms with Crippen molar-refractivity contribution in [1.82, 2.24) is 0 Å². The predicted molar refractivity (Wildman–Crippen MR) is 62.9 cm³/mol. The lowest BCUT2D eigenvalue weighted by atomic mass is 10.1. The Kier molecular flexibility index (Phi) is 3.98. The second kappa shape index (κ2) is 5.68. The average Bonchev–Trinajstić information content (AvgIpc) is 2.40. The van der Waals surface area contributed by atoms with E-state index in [0.29, 0.717) is 23.7 Å². The summed E-state index contributed by atoms with van der Waals surface area (Å²) in [6.07, 6.45) is 2.70. The molecule has 0 aromatic heterocycles. The van der Waals surface area contributed by atoms with Gasteiger partial charge in [0.05, 0.1) is 19.3 Å². The molecule has 1 saturated heterocycles. The highest BCUT2D eigenvalue weighted by atomic mass is 16.5. The third kappa shape index (κ3) is 2.77. The smallest absolute Gasteiger partial charge is 0.172 e. The number of benzene rings is 1. The zero-order chi connectivity index (χ0) is 12.1. The summed E-state index contributed by atoms with van der Waals surface area (Å²) in [5.41, 5.74) is 0.509. The van der Waals surface area contributed by atoms with Gasteiger partial charge in [-0.15, -0.1) is 0 Å². The molecule has 0 N–H and O–H groups in total. The first kappa shape index (κ1) is 11.9. The van der Waals surface area contributed by atoms with E-state index in [1.54, 1.807) is 25.3 Å². The second-order valence-corrected chi connectivity index (χ2v) is 3.95. The molecule has 92 valence electrons. The maximum atomic E-state index is 11.0. The molecule has 0 bridgehead atoms. The van der Waals surface area contributed by atoms with Gasteiger partial charge < -0.3 is 14.2 Å². The van der Waals surface area contributed by atoms with Crippen LogP contribution >= 0.6 is 0 Å². The number of hydrogen-bond donors (Lipinski definition) is 0. The van der Waals surface area contributed by atoms with Gasteiger partial charge in [0, 0.05) is 6.61 Å². The predicted octanol–water partition coefficient (Wildman–Crippen LogP) is 2.07. The number of rotatable bonds is 4. The molecule has 1 unspecified atom stereocenters. The molecule has 0 saturated carbocycles. The zero-order valence-electron chi connectivity index (χ0n) is 9.85. The van der Waals surface area contributed by atoms with E-state index in [0.717, 1.165) is 25.7 Å². The van der Waals surface area contributed by atoms with Gasteiger partial charge in [0.15, 0.2) is 17.8 Å². The Morgan fingerprint density at radius 3 is 3.00 bits per heavy atom. The average molecular weight is 236 g/mol. The van der Waals surface area contributed by atoms with Crippen LogP contribution in [0.25, 0.3) is 0 Å². The Bertz CT molecular complexity index is 383. The third-order valence-corrected chi connectivity index (χ3v) is 2.76.